The fourth-order valence-corrected chi connectivity index (χ4v) is 3.36. The van der Waals surface area contributed by atoms with Gasteiger partial charge < -0.3 is 9.47 Å². The zero-order valence-electron chi connectivity index (χ0n) is 12.1. The van der Waals surface area contributed by atoms with Crippen molar-refractivity contribution in [2.75, 3.05) is 12.5 Å². The summed E-state index contributed by atoms with van der Waals surface area (Å²) in [6, 6.07) is 1.90. The second-order valence-electron chi connectivity index (χ2n) is 5.82. The predicted molar refractivity (Wildman–Crippen MR) is 82.6 cm³/mol. The van der Waals surface area contributed by atoms with Crippen LogP contribution in [0.15, 0.2) is 18.5 Å². The SMILES string of the molecule is ClCC#Cc1cncc(OCC2CCC3(CCCC3)O2)c1. The van der Waals surface area contributed by atoms with Crippen molar-refractivity contribution >= 4 is 11.6 Å². The predicted octanol–water partition coefficient (Wildman–Crippen LogP) is 3.54. The molecule has 2 aliphatic rings. The average molecular weight is 306 g/mol. The molecule has 0 bridgehead atoms. The van der Waals surface area contributed by atoms with Crippen LogP contribution in [0, 0.1) is 11.8 Å². The van der Waals surface area contributed by atoms with E-state index in [9.17, 15) is 0 Å². The molecule has 1 saturated heterocycles. The fraction of sp³-hybridized carbons (Fsp3) is 0.588. The summed E-state index contributed by atoms with van der Waals surface area (Å²) >= 11 is 5.56. The molecule has 4 heteroatoms. The van der Waals surface area contributed by atoms with Gasteiger partial charge in [0.05, 0.1) is 23.8 Å². The van der Waals surface area contributed by atoms with E-state index >= 15 is 0 Å². The van der Waals surface area contributed by atoms with Crippen LogP contribution < -0.4 is 4.74 Å². The molecule has 1 aliphatic heterocycles. The molecule has 1 aromatic heterocycles. The summed E-state index contributed by atoms with van der Waals surface area (Å²) in [5, 5.41) is 0. The molecule has 21 heavy (non-hydrogen) atoms. The maximum atomic E-state index is 6.24. The Morgan fingerprint density at radius 1 is 1.33 bits per heavy atom. The molecule has 1 aromatic rings. The number of alkyl halides is 1. The Kier molecular flexibility index (Phi) is 4.67. The highest BCUT2D eigenvalue weighted by Crippen LogP contribution is 2.43. The first kappa shape index (κ1) is 14.7. The van der Waals surface area contributed by atoms with Crippen molar-refractivity contribution in [1.29, 1.82) is 0 Å². The van der Waals surface area contributed by atoms with Crippen LogP contribution in [0.3, 0.4) is 0 Å². The number of hydrogen-bond donors (Lipinski definition) is 0. The Morgan fingerprint density at radius 3 is 3.00 bits per heavy atom. The van der Waals surface area contributed by atoms with Crippen molar-refractivity contribution < 1.29 is 9.47 Å². The molecule has 1 aliphatic carbocycles. The Balaban J connectivity index is 1.53. The minimum absolute atomic E-state index is 0.167. The normalized spacial score (nSPS) is 23.0. The molecule has 112 valence electrons. The van der Waals surface area contributed by atoms with Crippen LogP contribution in [-0.2, 0) is 4.74 Å². The molecule has 1 unspecified atom stereocenters. The van der Waals surface area contributed by atoms with E-state index in [1.807, 2.05) is 6.07 Å². The van der Waals surface area contributed by atoms with Gasteiger partial charge in [0.25, 0.3) is 0 Å². The number of halogens is 1. The highest BCUT2D eigenvalue weighted by molar-refractivity contribution is 6.19. The largest absolute Gasteiger partial charge is 0.489 e. The molecule has 2 fully saturated rings. The Labute approximate surface area is 131 Å². The molecule has 1 saturated carbocycles. The van der Waals surface area contributed by atoms with E-state index in [1.165, 1.54) is 32.1 Å². The van der Waals surface area contributed by atoms with Gasteiger partial charge in [0.1, 0.15) is 12.4 Å². The summed E-state index contributed by atoms with van der Waals surface area (Å²) in [4.78, 5) is 4.14. The van der Waals surface area contributed by atoms with Crippen LogP contribution in [0.1, 0.15) is 44.1 Å². The quantitative estimate of drug-likeness (QED) is 0.632. The van der Waals surface area contributed by atoms with Crippen LogP contribution in [0.25, 0.3) is 0 Å². The van der Waals surface area contributed by atoms with E-state index in [0.29, 0.717) is 12.5 Å². The minimum atomic E-state index is 0.167. The summed E-state index contributed by atoms with van der Waals surface area (Å²) in [5.74, 6) is 6.83. The van der Waals surface area contributed by atoms with Gasteiger partial charge in [0.15, 0.2) is 0 Å². The Hall–Kier alpha value is -1.24. The van der Waals surface area contributed by atoms with Gasteiger partial charge in [-0.15, -0.1) is 11.6 Å². The third-order valence-electron chi connectivity index (χ3n) is 4.30. The third-order valence-corrected chi connectivity index (χ3v) is 4.44. The molecular weight excluding hydrogens is 286 g/mol. The molecular formula is C17H20ClNO2. The number of nitrogens with zero attached hydrogens (tertiary/aromatic N) is 1. The smallest absolute Gasteiger partial charge is 0.138 e. The molecule has 3 nitrogen and oxygen atoms in total. The van der Waals surface area contributed by atoms with E-state index in [-0.39, 0.29) is 11.7 Å². The molecule has 1 spiro atoms. The van der Waals surface area contributed by atoms with Crippen LogP contribution in [-0.4, -0.2) is 29.2 Å². The maximum Gasteiger partial charge on any atom is 0.138 e. The molecule has 0 radical (unpaired) electrons. The standard InChI is InChI=1S/C17H20ClNO2/c18-9-3-4-14-10-16(12-19-11-14)20-13-15-5-8-17(21-15)6-1-2-7-17/h10-12,15H,1-2,5-9,13H2. The molecule has 3 rings (SSSR count). The van der Waals surface area contributed by atoms with E-state index in [2.05, 4.69) is 16.8 Å². The first-order valence-corrected chi connectivity index (χ1v) is 8.14. The summed E-state index contributed by atoms with van der Waals surface area (Å²) in [6.07, 6.45) is 11.0. The van der Waals surface area contributed by atoms with Gasteiger partial charge in [-0.2, -0.15) is 0 Å². The van der Waals surface area contributed by atoms with E-state index in [0.717, 1.165) is 17.7 Å². The number of rotatable bonds is 3. The summed E-state index contributed by atoms with van der Waals surface area (Å²) in [6.45, 7) is 0.593. The van der Waals surface area contributed by atoms with Gasteiger partial charge in [-0.05, 0) is 31.7 Å². The lowest BCUT2D eigenvalue weighted by Gasteiger charge is -2.23. The summed E-state index contributed by atoms with van der Waals surface area (Å²) in [5.41, 5.74) is 0.993. The molecule has 1 atom stereocenters. The van der Waals surface area contributed by atoms with Gasteiger partial charge >= 0.3 is 0 Å². The van der Waals surface area contributed by atoms with Gasteiger partial charge in [-0.3, -0.25) is 4.98 Å². The molecule has 2 heterocycles. The molecule has 0 aromatic carbocycles. The second kappa shape index (κ2) is 6.68. The monoisotopic (exact) mass is 305 g/mol. The number of ether oxygens (including phenoxy) is 2. The van der Waals surface area contributed by atoms with Gasteiger partial charge in [0.2, 0.25) is 0 Å². The second-order valence-corrected chi connectivity index (χ2v) is 6.09. The van der Waals surface area contributed by atoms with Crippen molar-refractivity contribution in [3.8, 4) is 17.6 Å². The zero-order chi connectivity index (χ0) is 14.5. The van der Waals surface area contributed by atoms with E-state index < -0.39 is 0 Å². The van der Waals surface area contributed by atoms with Gasteiger partial charge in [0, 0.05) is 11.8 Å². The minimum Gasteiger partial charge on any atom is -0.489 e. The highest BCUT2D eigenvalue weighted by Gasteiger charge is 2.42. The van der Waals surface area contributed by atoms with Crippen molar-refractivity contribution in [3.63, 3.8) is 0 Å². The van der Waals surface area contributed by atoms with Crippen LogP contribution in [0.2, 0.25) is 0 Å². The first-order chi connectivity index (χ1) is 10.3. The third kappa shape index (κ3) is 3.70. The van der Waals surface area contributed by atoms with Crippen molar-refractivity contribution in [3.05, 3.63) is 24.0 Å². The number of aromatic nitrogens is 1. The van der Waals surface area contributed by atoms with Gasteiger partial charge in [-0.25, -0.2) is 0 Å². The van der Waals surface area contributed by atoms with Crippen LogP contribution in [0.4, 0.5) is 0 Å². The maximum absolute atomic E-state index is 6.24. The zero-order valence-corrected chi connectivity index (χ0v) is 12.9. The number of hydrogen-bond acceptors (Lipinski definition) is 3. The van der Waals surface area contributed by atoms with Crippen molar-refractivity contribution in [2.24, 2.45) is 0 Å². The lowest BCUT2D eigenvalue weighted by molar-refractivity contribution is -0.0509. The van der Waals surface area contributed by atoms with E-state index in [4.69, 9.17) is 21.1 Å². The molecule has 0 amide bonds. The Morgan fingerprint density at radius 2 is 2.19 bits per heavy atom. The van der Waals surface area contributed by atoms with Gasteiger partial charge in [-0.1, -0.05) is 24.7 Å². The summed E-state index contributed by atoms with van der Waals surface area (Å²) in [7, 11) is 0. The first-order valence-electron chi connectivity index (χ1n) is 7.60. The lowest BCUT2D eigenvalue weighted by Crippen LogP contribution is -2.27. The topological polar surface area (TPSA) is 31.4 Å². The van der Waals surface area contributed by atoms with E-state index in [1.54, 1.807) is 12.4 Å². The van der Waals surface area contributed by atoms with Crippen molar-refractivity contribution in [2.45, 2.75) is 50.2 Å². The lowest BCUT2D eigenvalue weighted by atomic mass is 9.98. The van der Waals surface area contributed by atoms with Crippen molar-refractivity contribution in [1.82, 2.24) is 4.98 Å². The average Bonchev–Trinajstić information content (AvgIpc) is 3.14. The number of pyridine rings is 1. The summed E-state index contributed by atoms with van der Waals surface area (Å²) < 4.78 is 12.1. The fourth-order valence-electron chi connectivity index (χ4n) is 3.29. The van der Waals surface area contributed by atoms with Crippen LogP contribution in [0.5, 0.6) is 5.75 Å². The van der Waals surface area contributed by atoms with Crippen LogP contribution >= 0.6 is 11.6 Å². The highest BCUT2D eigenvalue weighted by atomic mass is 35.5. The Bertz CT molecular complexity index is 543. The molecule has 0 N–H and O–H groups in total.